The Morgan fingerprint density at radius 3 is 2.85 bits per heavy atom. The van der Waals surface area contributed by atoms with Gasteiger partial charge in [0.05, 0.1) is 19.8 Å². The summed E-state index contributed by atoms with van der Waals surface area (Å²) in [5.74, 6) is 0.131. The molecule has 1 N–H and O–H groups in total. The first kappa shape index (κ1) is 18.4. The number of likely N-dealkylation sites (tertiary alicyclic amines) is 1. The van der Waals surface area contributed by atoms with E-state index >= 15 is 0 Å². The molecule has 2 amide bonds. The van der Waals surface area contributed by atoms with Crippen LogP contribution in [0.15, 0.2) is 18.3 Å². The van der Waals surface area contributed by atoms with E-state index in [1.165, 1.54) is 0 Å². The Morgan fingerprint density at radius 1 is 1.35 bits per heavy atom. The first-order valence-corrected chi connectivity index (χ1v) is 9.09. The maximum Gasteiger partial charge on any atom is 0.409 e. The van der Waals surface area contributed by atoms with Gasteiger partial charge < -0.3 is 24.4 Å². The number of amides is 2. The van der Waals surface area contributed by atoms with Crippen LogP contribution in [0.5, 0.6) is 5.88 Å². The van der Waals surface area contributed by atoms with Gasteiger partial charge in [0.25, 0.3) is 5.91 Å². The number of carbonyl (C=O) groups is 2. The van der Waals surface area contributed by atoms with Gasteiger partial charge in [0.15, 0.2) is 0 Å². The summed E-state index contributed by atoms with van der Waals surface area (Å²) in [5.41, 5.74) is 0.423. The van der Waals surface area contributed by atoms with Crippen molar-refractivity contribution in [2.24, 2.45) is 0 Å². The Morgan fingerprint density at radius 2 is 2.15 bits per heavy atom. The number of rotatable bonds is 5. The average molecular weight is 363 g/mol. The minimum atomic E-state index is -0.293. The lowest BCUT2D eigenvalue weighted by atomic mass is 10.0. The Hall–Kier alpha value is -2.35. The molecule has 0 aromatic carbocycles. The second kappa shape index (κ2) is 8.84. The number of carbonyl (C=O) groups excluding carboxylic acids is 2. The molecule has 0 spiro atoms. The lowest BCUT2D eigenvalue weighted by molar-refractivity contribution is 0.0852. The van der Waals surface area contributed by atoms with Gasteiger partial charge in [0.2, 0.25) is 5.88 Å². The molecule has 2 fully saturated rings. The van der Waals surface area contributed by atoms with E-state index in [2.05, 4.69) is 10.3 Å². The highest BCUT2D eigenvalue weighted by atomic mass is 16.6. The van der Waals surface area contributed by atoms with Gasteiger partial charge in [-0.1, -0.05) is 0 Å². The third kappa shape index (κ3) is 4.63. The third-order valence-electron chi connectivity index (χ3n) is 4.54. The number of pyridine rings is 1. The van der Waals surface area contributed by atoms with Gasteiger partial charge in [-0.15, -0.1) is 0 Å². The highest BCUT2D eigenvalue weighted by Gasteiger charge is 2.26. The number of hydrogen-bond donors (Lipinski definition) is 1. The van der Waals surface area contributed by atoms with Crippen LogP contribution in [0.25, 0.3) is 0 Å². The van der Waals surface area contributed by atoms with Crippen molar-refractivity contribution < 1.29 is 23.8 Å². The zero-order valence-corrected chi connectivity index (χ0v) is 15.0. The van der Waals surface area contributed by atoms with Gasteiger partial charge >= 0.3 is 6.09 Å². The summed E-state index contributed by atoms with van der Waals surface area (Å²) in [5, 5.41) is 3.02. The van der Waals surface area contributed by atoms with Gasteiger partial charge in [-0.05, 0) is 31.9 Å². The maximum absolute atomic E-state index is 12.7. The zero-order valence-electron chi connectivity index (χ0n) is 15.0. The normalized spacial score (nSPS) is 20.7. The third-order valence-corrected chi connectivity index (χ3v) is 4.54. The molecule has 0 radical (unpaired) electrons. The molecule has 26 heavy (non-hydrogen) atoms. The smallest absolute Gasteiger partial charge is 0.409 e. The average Bonchev–Trinajstić information content (AvgIpc) is 3.16. The molecule has 0 saturated carbocycles. The molecule has 0 aliphatic carbocycles. The monoisotopic (exact) mass is 363 g/mol. The zero-order chi connectivity index (χ0) is 18.4. The summed E-state index contributed by atoms with van der Waals surface area (Å²) < 4.78 is 16.1. The summed E-state index contributed by atoms with van der Waals surface area (Å²) in [4.78, 5) is 30.3. The lowest BCUT2D eigenvalue weighted by Gasteiger charge is -2.31. The predicted octanol–water partition coefficient (Wildman–Crippen LogP) is 1.60. The number of aromatic nitrogens is 1. The molecular weight excluding hydrogens is 338 g/mol. The highest BCUT2D eigenvalue weighted by molar-refractivity contribution is 5.96. The van der Waals surface area contributed by atoms with Gasteiger partial charge in [-0.25, -0.2) is 9.78 Å². The van der Waals surface area contributed by atoms with E-state index < -0.39 is 0 Å². The number of piperidine rings is 1. The van der Waals surface area contributed by atoms with Crippen LogP contribution in [0.4, 0.5) is 4.79 Å². The molecule has 2 aliphatic heterocycles. The molecule has 1 aromatic heterocycles. The van der Waals surface area contributed by atoms with Crippen LogP contribution in [0.3, 0.4) is 0 Å². The van der Waals surface area contributed by atoms with E-state index in [9.17, 15) is 9.59 Å². The first-order valence-electron chi connectivity index (χ1n) is 9.09. The topological polar surface area (TPSA) is 90.0 Å². The van der Waals surface area contributed by atoms with E-state index in [1.807, 2.05) is 0 Å². The van der Waals surface area contributed by atoms with Gasteiger partial charge in [0, 0.05) is 31.7 Å². The maximum atomic E-state index is 12.7. The Labute approximate surface area is 152 Å². The summed E-state index contributed by atoms with van der Waals surface area (Å²) in [6, 6.07) is 3.44. The minimum Gasteiger partial charge on any atom is -0.471 e. The quantitative estimate of drug-likeness (QED) is 0.855. The summed E-state index contributed by atoms with van der Waals surface area (Å²) in [7, 11) is 0. The van der Waals surface area contributed by atoms with Crippen molar-refractivity contribution in [3.05, 3.63) is 23.9 Å². The van der Waals surface area contributed by atoms with Crippen molar-refractivity contribution >= 4 is 12.0 Å². The molecule has 0 unspecified atom stereocenters. The Kier molecular flexibility index (Phi) is 6.27. The molecular formula is C18H25N3O5. The molecule has 8 heteroatoms. The summed E-state index contributed by atoms with van der Waals surface area (Å²) >= 11 is 0. The van der Waals surface area contributed by atoms with E-state index in [0.29, 0.717) is 57.2 Å². The van der Waals surface area contributed by atoms with Crippen LogP contribution in [0.1, 0.15) is 36.5 Å². The molecule has 142 valence electrons. The Balaban J connectivity index is 1.55. The number of ether oxygens (including phenoxy) is 3. The van der Waals surface area contributed by atoms with Crippen LogP contribution < -0.4 is 10.1 Å². The molecule has 1 atom stereocenters. The fourth-order valence-corrected chi connectivity index (χ4v) is 3.11. The summed E-state index contributed by atoms with van der Waals surface area (Å²) in [6.07, 6.45) is 3.43. The van der Waals surface area contributed by atoms with E-state index in [1.54, 1.807) is 30.2 Å². The van der Waals surface area contributed by atoms with Gasteiger partial charge in [0.1, 0.15) is 11.7 Å². The van der Waals surface area contributed by atoms with Crippen LogP contribution in [-0.4, -0.2) is 66.9 Å². The van der Waals surface area contributed by atoms with Gasteiger partial charge in [-0.3, -0.25) is 4.79 Å². The van der Waals surface area contributed by atoms with E-state index in [4.69, 9.17) is 14.2 Å². The van der Waals surface area contributed by atoms with Crippen molar-refractivity contribution in [3.8, 4) is 5.88 Å². The first-order chi connectivity index (χ1) is 12.7. The van der Waals surface area contributed by atoms with Gasteiger partial charge in [-0.2, -0.15) is 0 Å². The fourth-order valence-electron chi connectivity index (χ4n) is 3.11. The van der Waals surface area contributed by atoms with Crippen molar-refractivity contribution in [2.45, 2.75) is 38.3 Å². The van der Waals surface area contributed by atoms with Crippen LogP contribution in [0, 0.1) is 0 Å². The number of nitrogens with one attached hydrogen (secondary N) is 1. The van der Waals surface area contributed by atoms with Crippen LogP contribution in [0.2, 0.25) is 0 Å². The molecule has 0 bridgehead atoms. The Bertz CT molecular complexity index is 625. The largest absolute Gasteiger partial charge is 0.471 e. The summed E-state index contributed by atoms with van der Waals surface area (Å²) in [6.45, 7) is 4.47. The van der Waals surface area contributed by atoms with E-state index in [0.717, 1.165) is 6.42 Å². The fraction of sp³-hybridized carbons (Fsp3) is 0.611. The molecule has 2 saturated heterocycles. The molecule has 2 aliphatic rings. The predicted molar refractivity (Wildman–Crippen MR) is 93.2 cm³/mol. The van der Waals surface area contributed by atoms with Crippen molar-refractivity contribution in [3.63, 3.8) is 0 Å². The second-order valence-electron chi connectivity index (χ2n) is 6.39. The highest BCUT2D eigenvalue weighted by Crippen LogP contribution is 2.20. The number of hydrogen-bond acceptors (Lipinski definition) is 6. The van der Waals surface area contributed by atoms with Crippen LogP contribution in [-0.2, 0) is 9.47 Å². The molecule has 8 nitrogen and oxygen atoms in total. The molecule has 3 rings (SSSR count). The SMILES string of the molecule is CCOC(=O)N1CCC(NC(=O)c2cccnc2O[C@@H]2CCOC2)CC1. The second-order valence-corrected chi connectivity index (χ2v) is 6.39. The van der Waals surface area contributed by atoms with Crippen molar-refractivity contribution in [1.29, 1.82) is 0 Å². The minimum absolute atomic E-state index is 0.0102. The van der Waals surface area contributed by atoms with Crippen molar-refractivity contribution in [1.82, 2.24) is 15.2 Å². The standard InChI is InChI=1S/C18H25N3O5/c1-2-25-18(23)21-9-5-13(6-10-21)20-16(22)15-4-3-8-19-17(15)26-14-7-11-24-12-14/h3-4,8,13-14H,2,5-7,9-12H2,1H3,(H,20,22)/t14-/m1/s1. The molecule has 1 aromatic rings. The van der Waals surface area contributed by atoms with E-state index in [-0.39, 0.29) is 24.1 Å². The van der Waals surface area contributed by atoms with Crippen molar-refractivity contribution in [2.75, 3.05) is 32.9 Å². The number of nitrogens with zero attached hydrogens (tertiary/aromatic N) is 2. The lowest BCUT2D eigenvalue weighted by Crippen LogP contribution is -2.46. The molecule has 3 heterocycles. The van der Waals surface area contributed by atoms with Crippen LogP contribution >= 0.6 is 0 Å².